The molecule has 1 aliphatic rings. The van der Waals surface area contributed by atoms with Crippen LogP contribution in [0, 0.1) is 0 Å². The highest BCUT2D eigenvalue weighted by Crippen LogP contribution is 2.15. The van der Waals surface area contributed by atoms with E-state index in [4.69, 9.17) is 14.2 Å². The normalized spacial score (nSPS) is 30.0. The molecule has 0 N–H and O–H groups in total. The first kappa shape index (κ1) is 10.9. The first-order valence-electron chi connectivity index (χ1n) is 3.52. The van der Waals surface area contributed by atoms with Crippen molar-refractivity contribution in [3.05, 3.63) is 0 Å². The lowest BCUT2D eigenvalue weighted by Crippen LogP contribution is -2.27. The SMILES string of the molecule is C.COCC1OCCC1OC. The zero-order valence-electron chi connectivity index (χ0n) is 6.50. The fourth-order valence-corrected chi connectivity index (χ4v) is 1.22. The molecule has 0 bridgehead atoms. The van der Waals surface area contributed by atoms with Crippen molar-refractivity contribution in [3.63, 3.8) is 0 Å². The van der Waals surface area contributed by atoms with Crippen LogP contribution >= 0.6 is 0 Å². The topological polar surface area (TPSA) is 27.7 Å². The summed E-state index contributed by atoms with van der Waals surface area (Å²) in [6.07, 6.45) is 1.37. The molecule has 3 nitrogen and oxygen atoms in total. The van der Waals surface area contributed by atoms with Crippen molar-refractivity contribution in [2.24, 2.45) is 0 Å². The number of hydrogen-bond acceptors (Lipinski definition) is 3. The van der Waals surface area contributed by atoms with Gasteiger partial charge in [0.15, 0.2) is 0 Å². The van der Waals surface area contributed by atoms with Gasteiger partial charge < -0.3 is 14.2 Å². The third-order valence-corrected chi connectivity index (χ3v) is 1.78. The van der Waals surface area contributed by atoms with Gasteiger partial charge in [0.1, 0.15) is 6.10 Å². The Morgan fingerprint density at radius 2 is 2.18 bits per heavy atom. The third-order valence-electron chi connectivity index (χ3n) is 1.78. The van der Waals surface area contributed by atoms with Crippen molar-refractivity contribution in [2.75, 3.05) is 27.4 Å². The first-order chi connectivity index (χ1) is 4.88. The van der Waals surface area contributed by atoms with Crippen LogP contribution in [-0.2, 0) is 14.2 Å². The molecule has 3 heteroatoms. The molecule has 1 rings (SSSR count). The summed E-state index contributed by atoms with van der Waals surface area (Å²) in [5.41, 5.74) is 0. The van der Waals surface area contributed by atoms with Crippen LogP contribution < -0.4 is 0 Å². The molecule has 11 heavy (non-hydrogen) atoms. The smallest absolute Gasteiger partial charge is 0.107 e. The van der Waals surface area contributed by atoms with Gasteiger partial charge in [0, 0.05) is 20.8 Å². The van der Waals surface area contributed by atoms with E-state index in [0.29, 0.717) is 6.61 Å². The Hall–Kier alpha value is -0.120. The summed E-state index contributed by atoms with van der Waals surface area (Å²) >= 11 is 0. The lowest BCUT2D eigenvalue weighted by molar-refractivity contribution is -0.0259. The Morgan fingerprint density at radius 3 is 2.73 bits per heavy atom. The van der Waals surface area contributed by atoms with Crippen molar-refractivity contribution < 1.29 is 14.2 Å². The Balaban J connectivity index is 0.000001000. The average Bonchev–Trinajstić information content (AvgIpc) is 2.36. The zero-order valence-corrected chi connectivity index (χ0v) is 6.50. The Labute approximate surface area is 68.6 Å². The summed E-state index contributed by atoms with van der Waals surface area (Å²) in [7, 11) is 3.39. The second-order valence-electron chi connectivity index (χ2n) is 2.43. The Kier molecular flexibility index (Phi) is 5.46. The largest absolute Gasteiger partial charge is 0.382 e. The molecule has 0 amide bonds. The van der Waals surface area contributed by atoms with Gasteiger partial charge in [-0.15, -0.1) is 0 Å². The highest BCUT2D eigenvalue weighted by molar-refractivity contribution is 4.75. The van der Waals surface area contributed by atoms with Crippen LogP contribution in [0.4, 0.5) is 0 Å². The summed E-state index contributed by atoms with van der Waals surface area (Å²) in [6, 6.07) is 0. The fourth-order valence-electron chi connectivity index (χ4n) is 1.22. The average molecular weight is 162 g/mol. The zero-order chi connectivity index (χ0) is 7.40. The van der Waals surface area contributed by atoms with Crippen molar-refractivity contribution in [1.82, 2.24) is 0 Å². The van der Waals surface area contributed by atoms with Crippen LogP contribution in [0.15, 0.2) is 0 Å². The van der Waals surface area contributed by atoms with Gasteiger partial charge in [-0.2, -0.15) is 0 Å². The summed E-state index contributed by atoms with van der Waals surface area (Å²) in [6.45, 7) is 1.44. The molecular weight excluding hydrogens is 144 g/mol. The molecule has 0 aromatic carbocycles. The predicted octanol–water partition coefficient (Wildman–Crippen LogP) is 1.07. The van der Waals surface area contributed by atoms with Crippen LogP contribution in [0.3, 0.4) is 0 Å². The molecule has 0 saturated carbocycles. The van der Waals surface area contributed by atoms with E-state index in [1.54, 1.807) is 14.2 Å². The molecule has 0 radical (unpaired) electrons. The second-order valence-corrected chi connectivity index (χ2v) is 2.43. The third kappa shape index (κ3) is 2.77. The maximum Gasteiger partial charge on any atom is 0.107 e. The van der Waals surface area contributed by atoms with Crippen LogP contribution in [0.2, 0.25) is 0 Å². The molecule has 1 heterocycles. The molecule has 1 saturated heterocycles. The van der Waals surface area contributed by atoms with Gasteiger partial charge in [0.05, 0.1) is 12.7 Å². The van der Waals surface area contributed by atoms with Crippen molar-refractivity contribution in [1.29, 1.82) is 0 Å². The maximum absolute atomic E-state index is 5.35. The van der Waals surface area contributed by atoms with Gasteiger partial charge in [-0.05, 0) is 6.42 Å². The van der Waals surface area contributed by atoms with Crippen molar-refractivity contribution in [2.45, 2.75) is 26.1 Å². The predicted molar refractivity (Wildman–Crippen MR) is 43.8 cm³/mol. The molecule has 2 unspecified atom stereocenters. The van der Waals surface area contributed by atoms with Crippen LogP contribution in [-0.4, -0.2) is 39.6 Å². The molecule has 1 aliphatic heterocycles. The molecular formula is C8H18O3. The maximum atomic E-state index is 5.35. The van der Waals surface area contributed by atoms with Crippen LogP contribution in [0.1, 0.15) is 13.8 Å². The molecule has 2 atom stereocenters. The lowest BCUT2D eigenvalue weighted by atomic mass is 10.2. The van der Waals surface area contributed by atoms with Gasteiger partial charge in [-0.1, -0.05) is 7.43 Å². The van der Waals surface area contributed by atoms with Crippen molar-refractivity contribution in [3.8, 4) is 0 Å². The van der Waals surface area contributed by atoms with Gasteiger partial charge >= 0.3 is 0 Å². The molecule has 0 aromatic heterocycles. The van der Waals surface area contributed by atoms with Gasteiger partial charge in [-0.25, -0.2) is 0 Å². The van der Waals surface area contributed by atoms with E-state index >= 15 is 0 Å². The highest BCUT2D eigenvalue weighted by Gasteiger charge is 2.27. The fraction of sp³-hybridized carbons (Fsp3) is 1.00. The quantitative estimate of drug-likeness (QED) is 0.621. The van der Waals surface area contributed by atoms with E-state index in [1.165, 1.54) is 0 Å². The standard InChI is InChI=1S/C7H14O3.CH4/c1-8-5-7-6(9-2)3-4-10-7;/h6-7H,3-5H2,1-2H3;1H4. The van der Waals surface area contributed by atoms with Crippen LogP contribution in [0.5, 0.6) is 0 Å². The molecule has 0 spiro atoms. The molecule has 68 valence electrons. The van der Waals surface area contributed by atoms with E-state index in [1.807, 2.05) is 0 Å². The first-order valence-corrected chi connectivity index (χ1v) is 3.52. The monoisotopic (exact) mass is 162 g/mol. The number of ether oxygens (including phenoxy) is 3. The van der Waals surface area contributed by atoms with Gasteiger partial charge in [-0.3, -0.25) is 0 Å². The van der Waals surface area contributed by atoms with E-state index in [0.717, 1.165) is 13.0 Å². The van der Waals surface area contributed by atoms with Crippen molar-refractivity contribution >= 4 is 0 Å². The Morgan fingerprint density at radius 1 is 1.45 bits per heavy atom. The summed E-state index contributed by atoms with van der Waals surface area (Å²) in [5, 5.41) is 0. The lowest BCUT2D eigenvalue weighted by Gasteiger charge is -2.15. The second kappa shape index (κ2) is 5.52. The van der Waals surface area contributed by atoms with E-state index < -0.39 is 0 Å². The Bertz CT molecular complexity index is 95.3. The van der Waals surface area contributed by atoms with E-state index in [-0.39, 0.29) is 19.6 Å². The number of rotatable bonds is 3. The molecule has 1 fully saturated rings. The summed E-state index contributed by atoms with van der Waals surface area (Å²) < 4.78 is 15.5. The minimum absolute atomic E-state index is 0. The highest BCUT2D eigenvalue weighted by atomic mass is 16.6. The van der Waals surface area contributed by atoms with Gasteiger partial charge in [0.2, 0.25) is 0 Å². The number of methoxy groups -OCH3 is 2. The minimum Gasteiger partial charge on any atom is -0.382 e. The van der Waals surface area contributed by atoms with E-state index in [9.17, 15) is 0 Å². The van der Waals surface area contributed by atoms with Crippen LogP contribution in [0.25, 0.3) is 0 Å². The van der Waals surface area contributed by atoms with Gasteiger partial charge in [0.25, 0.3) is 0 Å². The summed E-state index contributed by atoms with van der Waals surface area (Å²) in [5.74, 6) is 0. The molecule has 0 aromatic rings. The minimum atomic E-state index is 0. The molecule has 0 aliphatic carbocycles. The van der Waals surface area contributed by atoms with E-state index in [2.05, 4.69) is 0 Å². The summed E-state index contributed by atoms with van der Waals surface area (Å²) in [4.78, 5) is 0. The number of hydrogen-bond donors (Lipinski definition) is 0.